The molecule has 5 aromatic rings. The minimum atomic E-state index is 0.384. The highest BCUT2D eigenvalue weighted by Gasteiger charge is 2.19. The molecule has 0 radical (unpaired) electrons. The average Bonchev–Trinajstić information content (AvgIpc) is 3.13. The predicted octanol–water partition coefficient (Wildman–Crippen LogP) is 7.86. The summed E-state index contributed by atoms with van der Waals surface area (Å²) in [4.78, 5) is 12.6. The lowest BCUT2D eigenvalue weighted by Gasteiger charge is -2.09. The molecule has 0 saturated heterocycles. The number of aromatic nitrogens is 4. The number of hydrogen-bond acceptors (Lipinski definition) is 3. The third-order valence-electron chi connectivity index (χ3n) is 4.86. The molecule has 0 bridgehead atoms. The summed E-state index contributed by atoms with van der Waals surface area (Å²) < 4.78 is 3.39. The first kappa shape index (κ1) is 20.4. The van der Waals surface area contributed by atoms with Gasteiger partial charge in [-0.2, -0.15) is 0 Å². The molecule has 3 aromatic heterocycles. The van der Waals surface area contributed by atoms with Gasteiger partial charge in [0.2, 0.25) is 0 Å². The van der Waals surface area contributed by atoms with Crippen LogP contribution in [0.4, 0.5) is 0 Å². The number of benzene rings is 2. The maximum Gasteiger partial charge on any atom is 0.197 e. The van der Waals surface area contributed by atoms with E-state index in [1.807, 2.05) is 65.2 Å². The highest BCUT2D eigenvalue weighted by molar-refractivity contribution is 9.10. The van der Waals surface area contributed by atoms with Gasteiger partial charge in [-0.15, -0.1) is 0 Å². The Morgan fingerprint density at radius 1 is 0.935 bits per heavy atom. The number of halogens is 3. The number of pyridine rings is 1. The Hall–Kier alpha value is -2.51. The van der Waals surface area contributed by atoms with Crippen LogP contribution in [0.25, 0.3) is 39.5 Å². The Kier molecular flexibility index (Phi) is 5.40. The molecule has 0 saturated carbocycles. The molecule has 0 aliphatic heterocycles. The van der Waals surface area contributed by atoms with Crippen molar-refractivity contribution in [1.82, 2.24) is 19.4 Å². The van der Waals surface area contributed by atoms with E-state index in [1.165, 1.54) is 0 Å². The number of nitrogens with zero attached hydrogens (tertiary/aromatic N) is 3. The molecule has 0 unspecified atom stereocenters. The fourth-order valence-electron chi connectivity index (χ4n) is 3.48. The topological polar surface area (TPSA) is 46.0 Å². The quantitative estimate of drug-likeness (QED) is 0.243. The van der Waals surface area contributed by atoms with Gasteiger partial charge in [0.25, 0.3) is 0 Å². The summed E-state index contributed by atoms with van der Waals surface area (Å²) in [5.74, 6) is 0. The molecule has 152 valence electrons. The predicted molar refractivity (Wildman–Crippen MR) is 132 cm³/mol. The Balaban J connectivity index is 1.79. The molecule has 0 spiro atoms. The molecule has 2 aromatic carbocycles. The van der Waals surface area contributed by atoms with Gasteiger partial charge < -0.3 is 4.98 Å². The minimum Gasteiger partial charge on any atom is -0.329 e. The first-order valence-corrected chi connectivity index (χ1v) is 11.3. The Morgan fingerprint density at radius 3 is 2.52 bits per heavy atom. The van der Waals surface area contributed by atoms with E-state index in [1.54, 1.807) is 12.1 Å². The first-order valence-electron chi connectivity index (χ1n) is 9.30. The molecule has 31 heavy (non-hydrogen) atoms. The smallest absolute Gasteiger partial charge is 0.197 e. The van der Waals surface area contributed by atoms with Crippen molar-refractivity contribution >= 4 is 57.0 Å². The normalized spacial score (nSPS) is 11.2. The van der Waals surface area contributed by atoms with Crippen molar-refractivity contribution in [2.24, 2.45) is 0 Å². The average molecular weight is 528 g/mol. The standard InChI is InChI=1S/C23H13BrCl2N4S/c24-14-6-4-13(5-7-14)18-12-19(28-23(31)27-18)22-21(16-9-8-15(25)11-17(16)26)29-20-3-1-2-10-30(20)22/h1-12H,(H,27,28,31). The molecule has 0 aliphatic rings. The van der Waals surface area contributed by atoms with Gasteiger partial charge in [-0.25, -0.2) is 9.97 Å². The van der Waals surface area contributed by atoms with Crippen molar-refractivity contribution in [3.05, 3.63) is 92.2 Å². The fourth-order valence-corrected chi connectivity index (χ4v) is 4.45. The second-order valence-corrected chi connectivity index (χ2v) is 9.00. The first-order chi connectivity index (χ1) is 15.0. The summed E-state index contributed by atoms with van der Waals surface area (Å²) in [6.07, 6.45) is 1.96. The van der Waals surface area contributed by atoms with E-state index in [-0.39, 0.29) is 0 Å². The van der Waals surface area contributed by atoms with Crippen molar-refractivity contribution in [3.8, 4) is 33.9 Å². The van der Waals surface area contributed by atoms with Crippen LogP contribution in [0.3, 0.4) is 0 Å². The Labute approximate surface area is 201 Å². The molecule has 1 N–H and O–H groups in total. The van der Waals surface area contributed by atoms with Gasteiger partial charge >= 0.3 is 0 Å². The van der Waals surface area contributed by atoms with Gasteiger partial charge in [0.1, 0.15) is 11.3 Å². The lowest BCUT2D eigenvalue weighted by Crippen LogP contribution is -1.96. The van der Waals surface area contributed by atoms with Crippen LogP contribution in [-0.4, -0.2) is 19.4 Å². The van der Waals surface area contributed by atoms with Crippen LogP contribution >= 0.6 is 51.3 Å². The van der Waals surface area contributed by atoms with Crippen LogP contribution < -0.4 is 0 Å². The summed E-state index contributed by atoms with van der Waals surface area (Å²) >= 11 is 21.6. The number of imidazole rings is 1. The molecule has 5 rings (SSSR count). The van der Waals surface area contributed by atoms with Crippen molar-refractivity contribution in [2.45, 2.75) is 0 Å². The van der Waals surface area contributed by atoms with Crippen LogP contribution in [0.15, 0.2) is 77.4 Å². The van der Waals surface area contributed by atoms with E-state index in [9.17, 15) is 0 Å². The molecular weight excluding hydrogens is 515 g/mol. The maximum atomic E-state index is 6.54. The van der Waals surface area contributed by atoms with Gasteiger partial charge in [-0.05, 0) is 60.7 Å². The van der Waals surface area contributed by atoms with E-state index >= 15 is 0 Å². The third-order valence-corrected chi connectivity index (χ3v) is 6.13. The van der Waals surface area contributed by atoms with Crippen LogP contribution in [-0.2, 0) is 0 Å². The number of hydrogen-bond donors (Lipinski definition) is 1. The number of nitrogens with one attached hydrogen (secondary N) is 1. The van der Waals surface area contributed by atoms with E-state index in [4.69, 9.17) is 40.4 Å². The van der Waals surface area contributed by atoms with Crippen LogP contribution in [0, 0.1) is 4.77 Å². The molecule has 0 aliphatic carbocycles. The third kappa shape index (κ3) is 3.92. The highest BCUT2D eigenvalue weighted by Crippen LogP contribution is 2.37. The molecule has 0 atom stereocenters. The van der Waals surface area contributed by atoms with Gasteiger partial charge in [-0.3, -0.25) is 4.40 Å². The molecule has 0 amide bonds. The van der Waals surface area contributed by atoms with Crippen molar-refractivity contribution in [2.75, 3.05) is 0 Å². The summed E-state index contributed by atoms with van der Waals surface area (Å²) in [6, 6.07) is 21.2. The van der Waals surface area contributed by atoms with Gasteiger partial charge in [-0.1, -0.05) is 57.3 Å². The summed E-state index contributed by atoms with van der Waals surface area (Å²) in [6.45, 7) is 0. The maximum absolute atomic E-state index is 6.54. The van der Waals surface area contributed by atoms with Crippen LogP contribution in [0.1, 0.15) is 0 Å². The number of fused-ring (bicyclic) bond motifs is 1. The van der Waals surface area contributed by atoms with E-state index in [0.29, 0.717) is 14.8 Å². The van der Waals surface area contributed by atoms with Crippen molar-refractivity contribution in [3.63, 3.8) is 0 Å². The van der Waals surface area contributed by atoms with Crippen molar-refractivity contribution in [1.29, 1.82) is 0 Å². The molecular formula is C23H13BrCl2N4S. The summed E-state index contributed by atoms with van der Waals surface area (Å²) in [7, 11) is 0. The van der Waals surface area contributed by atoms with E-state index in [2.05, 4.69) is 25.9 Å². The summed E-state index contributed by atoms with van der Waals surface area (Å²) in [5, 5.41) is 1.10. The molecule has 8 heteroatoms. The summed E-state index contributed by atoms with van der Waals surface area (Å²) in [5.41, 5.74) is 5.66. The van der Waals surface area contributed by atoms with Crippen molar-refractivity contribution < 1.29 is 0 Å². The van der Waals surface area contributed by atoms with E-state index in [0.717, 1.165) is 44.0 Å². The monoisotopic (exact) mass is 526 g/mol. The molecule has 0 fully saturated rings. The van der Waals surface area contributed by atoms with Gasteiger partial charge in [0.05, 0.1) is 22.1 Å². The van der Waals surface area contributed by atoms with E-state index < -0.39 is 0 Å². The molecule has 3 heterocycles. The van der Waals surface area contributed by atoms with Crippen LogP contribution in [0.5, 0.6) is 0 Å². The highest BCUT2D eigenvalue weighted by atomic mass is 79.9. The minimum absolute atomic E-state index is 0.384. The van der Waals surface area contributed by atoms with Gasteiger partial charge in [0.15, 0.2) is 4.77 Å². The lowest BCUT2D eigenvalue weighted by atomic mass is 10.1. The zero-order valence-electron chi connectivity index (χ0n) is 15.8. The SMILES string of the molecule is S=c1nc(-c2ccc(Br)cc2)cc(-c2c(-c3ccc(Cl)cc3Cl)nc3ccccn23)[nH]1. The second-order valence-electron chi connectivity index (χ2n) is 6.85. The number of aromatic amines is 1. The number of H-pyrrole nitrogens is 1. The zero-order chi connectivity index (χ0) is 21.5. The number of rotatable bonds is 3. The Morgan fingerprint density at radius 2 is 1.74 bits per heavy atom. The zero-order valence-corrected chi connectivity index (χ0v) is 19.7. The molecule has 4 nitrogen and oxygen atoms in total. The fraction of sp³-hybridized carbons (Fsp3) is 0. The Bertz CT molecular complexity index is 1490. The lowest BCUT2D eigenvalue weighted by molar-refractivity contribution is 1.11. The van der Waals surface area contributed by atoms with Gasteiger partial charge in [0, 0.05) is 26.8 Å². The largest absolute Gasteiger partial charge is 0.329 e. The van der Waals surface area contributed by atoms with Crippen LogP contribution in [0.2, 0.25) is 10.0 Å². The second kappa shape index (κ2) is 8.20.